The van der Waals surface area contributed by atoms with Crippen LogP contribution in [0.1, 0.15) is 12.8 Å². The first-order valence-corrected chi connectivity index (χ1v) is 5.13. The highest BCUT2D eigenvalue weighted by molar-refractivity contribution is 4.80. The van der Waals surface area contributed by atoms with Crippen LogP contribution in [0.2, 0.25) is 0 Å². The van der Waals surface area contributed by atoms with Gasteiger partial charge < -0.3 is 9.80 Å². The van der Waals surface area contributed by atoms with Gasteiger partial charge in [-0.2, -0.15) is 0 Å². The van der Waals surface area contributed by atoms with E-state index in [0.717, 1.165) is 19.5 Å². The Bertz CT molecular complexity index is 209. The lowest BCUT2D eigenvalue weighted by molar-refractivity contribution is 0.268. The number of likely N-dealkylation sites (N-methyl/N-ethyl adjacent to an activating group) is 1. The van der Waals surface area contributed by atoms with Crippen molar-refractivity contribution in [2.75, 3.05) is 40.3 Å². The van der Waals surface area contributed by atoms with E-state index in [1.807, 2.05) is 0 Å². The molecule has 0 saturated carbocycles. The van der Waals surface area contributed by atoms with Crippen LogP contribution in [0.3, 0.4) is 0 Å². The highest BCUT2D eigenvalue weighted by Gasteiger charge is 2.22. The number of hydrogen-bond acceptors (Lipinski definition) is 3. The topological polar surface area (TPSA) is 55.2 Å². The molecule has 5 heteroatoms. The van der Waals surface area contributed by atoms with E-state index >= 15 is 0 Å². The van der Waals surface area contributed by atoms with Crippen molar-refractivity contribution >= 4 is 0 Å². The van der Waals surface area contributed by atoms with E-state index in [4.69, 9.17) is 5.53 Å². The van der Waals surface area contributed by atoms with Gasteiger partial charge in [-0.25, -0.2) is 0 Å². The third-order valence-electron chi connectivity index (χ3n) is 2.77. The van der Waals surface area contributed by atoms with Crippen molar-refractivity contribution in [1.82, 2.24) is 9.80 Å². The first-order valence-electron chi connectivity index (χ1n) is 5.13. The van der Waals surface area contributed by atoms with Crippen LogP contribution >= 0.6 is 0 Å². The molecule has 0 bridgehead atoms. The predicted octanol–water partition coefficient (Wildman–Crippen LogP) is 1.32. The first-order chi connectivity index (χ1) is 6.74. The fraction of sp³-hybridized carbons (Fsp3) is 1.00. The Morgan fingerprint density at radius 1 is 1.57 bits per heavy atom. The summed E-state index contributed by atoms with van der Waals surface area (Å²) in [5.41, 5.74) is 8.11. The Morgan fingerprint density at radius 2 is 2.36 bits per heavy atom. The molecule has 0 aromatic carbocycles. The summed E-state index contributed by atoms with van der Waals surface area (Å²) in [7, 11) is 4.27. The van der Waals surface area contributed by atoms with Crippen molar-refractivity contribution in [3.63, 3.8) is 0 Å². The second-order valence-corrected chi connectivity index (χ2v) is 4.01. The quantitative estimate of drug-likeness (QED) is 0.289. The second kappa shape index (κ2) is 5.86. The third-order valence-corrected chi connectivity index (χ3v) is 2.77. The van der Waals surface area contributed by atoms with E-state index in [2.05, 4.69) is 33.9 Å². The summed E-state index contributed by atoms with van der Waals surface area (Å²) >= 11 is 0. The summed E-state index contributed by atoms with van der Waals surface area (Å²) in [6.07, 6.45) is 2.23. The van der Waals surface area contributed by atoms with E-state index in [0.29, 0.717) is 12.6 Å². The van der Waals surface area contributed by atoms with Gasteiger partial charge in [-0.05, 0) is 45.6 Å². The van der Waals surface area contributed by atoms with Gasteiger partial charge in [0.1, 0.15) is 0 Å². The zero-order valence-electron chi connectivity index (χ0n) is 9.06. The van der Waals surface area contributed by atoms with E-state index in [-0.39, 0.29) is 0 Å². The van der Waals surface area contributed by atoms with E-state index in [9.17, 15) is 0 Å². The summed E-state index contributed by atoms with van der Waals surface area (Å²) in [4.78, 5) is 7.47. The van der Waals surface area contributed by atoms with Gasteiger partial charge in [0.2, 0.25) is 0 Å². The van der Waals surface area contributed by atoms with Gasteiger partial charge in [0, 0.05) is 24.0 Å². The monoisotopic (exact) mass is 197 g/mol. The lowest BCUT2D eigenvalue weighted by Gasteiger charge is -2.19. The molecule has 1 unspecified atom stereocenters. The lowest BCUT2D eigenvalue weighted by Crippen LogP contribution is -2.31. The molecule has 1 aliphatic rings. The molecule has 1 saturated heterocycles. The maximum absolute atomic E-state index is 8.11. The van der Waals surface area contributed by atoms with Gasteiger partial charge in [0.05, 0.1) is 0 Å². The summed E-state index contributed by atoms with van der Waals surface area (Å²) in [5, 5.41) is 3.53. The second-order valence-electron chi connectivity index (χ2n) is 4.01. The van der Waals surface area contributed by atoms with Gasteiger partial charge in [-0.15, -0.1) is 0 Å². The molecule has 1 fully saturated rings. The molecule has 0 spiro atoms. The number of hydrogen-bond donors (Lipinski definition) is 0. The molecule has 1 atom stereocenters. The Morgan fingerprint density at radius 3 is 2.93 bits per heavy atom. The van der Waals surface area contributed by atoms with Crippen molar-refractivity contribution in [3.05, 3.63) is 10.4 Å². The van der Waals surface area contributed by atoms with Crippen molar-refractivity contribution < 1.29 is 0 Å². The zero-order valence-corrected chi connectivity index (χ0v) is 9.06. The van der Waals surface area contributed by atoms with Crippen LogP contribution in [-0.4, -0.2) is 56.1 Å². The molecule has 1 heterocycles. The van der Waals surface area contributed by atoms with Gasteiger partial charge in [-0.1, -0.05) is 5.11 Å². The van der Waals surface area contributed by atoms with Crippen LogP contribution in [0.4, 0.5) is 0 Å². The van der Waals surface area contributed by atoms with Crippen LogP contribution in [0.25, 0.3) is 10.4 Å². The lowest BCUT2D eigenvalue weighted by atomic mass is 10.2. The first kappa shape index (κ1) is 11.3. The van der Waals surface area contributed by atoms with Gasteiger partial charge >= 0.3 is 0 Å². The summed E-state index contributed by atoms with van der Waals surface area (Å²) < 4.78 is 0. The van der Waals surface area contributed by atoms with E-state index in [1.165, 1.54) is 13.0 Å². The number of azide groups is 1. The predicted molar refractivity (Wildman–Crippen MR) is 57.2 cm³/mol. The Hall–Kier alpha value is -0.770. The molecule has 0 aliphatic carbocycles. The summed E-state index contributed by atoms with van der Waals surface area (Å²) in [5.74, 6) is 0. The maximum Gasteiger partial charge on any atom is 0.0270 e. The van der Waals surface area contributed by atoms with Crippen molar-refractivity contribution in [2.24, 2.45) is 5.11 Å². The van der Waals surface area contributed by atoms with Crippen molar-refractivity contribution in [1.29, 1.82) is 0 Å². The summed E-state index contributed by atoms with van der Waals surface area (Å²) in [6.45, 7) is 4.02. The highest BCUT2D eigenvalue weighted by Crippen LogP contribution is 2.12. The smallest absolute Gasteiger partial charge is 0.0270 e. The zero-order chi connectivity index (χ0) is 10.4. The normalized spacial score (nSPS) is 22.6. The number of rotatable bonds is 5. The SMILES string of the molecule is CN(C)C1CCN(CCCN=[N+]=[N-])C1. The number of likely N-dealkylation sites (tertiary alicyclic amines) is 1. The minimum atomic E-state index is 0.625. The fourth-order valence-corrected chi connectivity index (χ4v) is 1.85. The Balaban J connectivity index is 2.13. The minimum Gasteiger partial charge on any atom is -0.305 e. The fourth-order valence-electron chi connectivity index (χ4n) is 1.85. The molecule has 0 aromatic heterocycles. The summed E-state index contributed by atoms with van der Waals surface area (Å²) in [6, 6.07) is 0.703. The molecular weight excluding hydrogens is 178 g/mol. The van der Waals surface area contributed by atoms with Crippen LogP contribution < -0.4 is 0 Å². The Labute approximate surface area is 85.3 Å². The molecule has 80 valence electrons. The van der Waals surface area contributed by atoms with Crippen LogP contribution in [0.5, 0.6) is 0 Å². The van der Waals surface area contributed by atoms with E-state index < -0.39 is 0 Å². The molecule has 1 aliphatic heterocycles. The largest absolute Gasteiger partial charge is 0.305 e. The van der Waals surface area contributed by atoms with Crippen molar-refractivity contribution in [3.8, 4) is 0 Å². The average Bonchev–Trinajstić information content (AvgIpc) is 2.61. The molecule has 1 rings (SSSR count). The van der Waals surface area contributed by atoms with Crippen molar-refractivity contribution in [2.45, 2.75) is 18.9 Å². The number of nitrogens with zero attached hydrogens (tertiary/aromatic N) is 5. The standard InChI is InChI=1S/C9H19N5/c1-13(2)9-4-7-14(8-9)6-3-5-11-12-10/h9H,3-8H2,1-2H3. The molecule has 0 aromatic rings. The van der Waals surface area contributed by atoms with Crippen LogP contribution in [0, 0.1) is 0 Å². The van der Waals surface area contributed by atoms with Gasteiger partial charge in [-0.3, -0.25) is 0 Å². The maximum atomic E-state index is 8.11. The van der Waals surface area contributed by atoms with Gasteiger partial charge in [0.15, 0.2) is 0 Å². The highest BCUT2D eigenvalue weighted by atomic mass is 15.2. The molecule has 14 heavy (non-hydrogen) atoms. The molecular formula is C9H19N5. The molecule has 5 nitrogen and oxygen atoms in total. The molecule has 0 radical (unpaired) electrons. The molecule has 0 amide bonds. The molecule has 0 N–H and O–H groups in total. The van der Waals surface area contributed by atoms with Crippen LogP contribution in [0.15, 0.2) is 5.11 Å². The average molecular weight is 197 g/mol. The minimum absolute atomic E-state index is 0.625. The van der Waals surface area contributed by atoms with E-state index in [1.54, 1.807) is 0 Å². The third kappa shape index (κ3) is 3.54. The van der Waals surface area contributed by atoms with Gasteiger partial charge in [0.25, 0.3) is 0 Å². The van der Waals surface area contributed by atoms with Crippen LogP contribution in [-0.2, 0) is 0 Å². The Kier molecular flexibility index (Phi) is 4.73.